The molecule has 0 atom stereocenters. The number of amides is 1. The molecular weight excluding hydrogens is 414 g/mol. The van der Waals surface area contributed by atoms with Crippen LogP contribution in [-0.2, 0) is 11.2 Å². The average molecular weight is 431 g/mol. The SMILES string of the molecule is CCOC(=O)c1c(NC(=O)c2cc(Br)ccc2Cl)sc(C)c1CC. The number of halogens is 2. The second-order valence-electron chi connectivity index (χ2n) is 4.99. The van der Waals surface area contributed by atoms with Gasteiger partial charge in [0.05, 0.1) is 22.8 Å². The molecule has 1 aromatic carbocycles. The Labute approximate surface area is 158 Å². The van der Waals surface area contributed by atoms with Crippen LogP contribution in [0.3, 0.4) is 0 Å². The number of benzene rings is 1. The normalized spacial score (nSPS) is 10.5. The van der Waals surface area contributed by atoms with Gasteiger partial charge in [0.25, 0.3) is 5.91 Å². The lowest BCUT2D eigenvalue weighted by atomic mass is 10.1. The molecule has 1 N–H and O–H groups in total. The fourth-order valence-corrected chi connectivity index (χ4v) is 4.05. The summed E-state index contributed by atoms with van der Waals surface area (Å²) < 4.78 is 5.89. The van der Waals surface area contributed by atoms with Crippen molar-refractivity contribution in [2.75, 3.05) is 11.9 Å². The van der Waals surface area contributed by atoms with Crippen molar-refractivity contribution < 1.29 is 14.3 Å². The molecule has 24 heavy (non-hydrogen) atoms. The first kappa shape index (κ1) is 19.0. The van der Waals surface area contributed by atoms with Gasteiger partial charge in [0.15, 0.2) is 0 Å². The molecule has 0 spiro atoms. The van der Waals surface area contributed by atoms with E-state index in [2.05, 4.69) is 21.2 Å². The monoisotopic (exact) mass is 429 g/mol. The number of rotatable bonds is 5. The van der Waals surface area contributed by atoms with E-state index in [9.17, 15) is 9.59 Å². The summed E-state index contributed by atoms with van der Waals surface area (Å²) in [7, 11) is 0. The lowest BCUT2D eigenvalue weighted by molar-refractivity contribution is 0.0527. The van der Waals surface area contributed by atoms with Gasteiger partial charge in [0.2, 0.25) is 0 Å². The van der Waals surface area contributed by atoms with Crippen molar-refractivity contribution in [2.24, 2.45) is 0 Å². The van der Waals surface area contributed by atoms with Gasteiger partial charge in [0, 0.05) is 9.35 Å². The van der Waals surface area contributed by atoms with Gasteiger partial charge in [-0.3, -0.25) is 4.79 Å². The highest BCUT2D eigenvalue weighted by molar-refractivity contribution is 9.10. The fraction of sp³-hybridized carbons (Fsp3) is 0.294. The van der Waals surface area contributed by atoms with Gasteiger partial charge in [-0.25, -0.2) is 4.79 Å². The van der Waals surface area contributed by atoms with Gasteiger partial charge < -0.3 is 10.1 Å². The van der Waals surface area contributed by atoms with Crippen molar-refractivity contribution in [3.63, 3.8) is 0 Å². The molecule has 0 bridgehead atoms. The van der Waals surface area contributed by atoms with Gasteiger partial charge in [-0.2, -0.15) is 0 Å². The minimum absolute atomic E-state index is 0.279. The zero-order valence-corrected chi connectivity index (χ0v) is 16.7. The van der Waals surface area contributed by atoms with E-state index in [1.807, 2.05) is 13.8 Å². The third kappa shape index (κ3) is 3.99. The summed E-state index contributed by atoms with van der Waals surface area (Å²) in [5.74, 6) is -0.787. The zero-order valence-electron chi connectivity index (χ0n) is 13.5. The Bertz CT molecular complexity index is 788. The molecule has 0 unspecified atom stereocenters. The minimum Gasteiger partial charge on any atom is -0.462 e. The maximum absolute atomic E-state index is 12.6. The first-order valence-corrected chi connectivity index (χ1v) is 9.43. The molecule has 2 aromatic rings. The molecule has 1 amide bonds. The van der Waals surface area contributed by atoms with Gasteiger partial charge in [-0.05, 0) is 44.0 Å². The van der Waals surface area contributed by atoms with Crippen molar-refractivity contribution in [2.45, 2.75) is 27.2 Å². The summed E-state index contributed by atoms with van der Waals surface area (Å²) in [4.78, 5) is 25.8. The van der Waals surface area contributed by atoms with Crippen molar-refractivity contribution in [1.29, 1.82) is 0 Å². The zero-order chi connectivity index (χ0) is 17.9. The van der Waals surface area contributed by atoms with Crippen LogP contribution in [0.2, 0.25) is 5.02 Å². The Balaban J connectivity index is 2.40. The number of ether oxygens (including phenoxy) is 1. The molecule has 7 heteroatoms. The number of carbonyl (C=O) groups excluding carboxylic acids is 2. The van der Waals surface area contributed by atoms with E-state index < -0.39 is 5.97 Å². The molecular formula is C17H17BrClNO3S. The Hall–Kier alpha value is -1.37. The maximum atomic E-state index is 12.6. The highest BCUT2D eigenvalue weighted by Crippen LogP contribution is 2.35. The first-order chi connectivity index (χ1) is 11.4. The molecule has 0 saturated carbocycles. The van der Waals surface area contributed by atoms with Crippen LogP contribution in [0.1, 0.15) is 45.0 Å². The van der Waals surface area contributed by atoms with E-state index in [1.165, 1.54) is 11.3 Å². The molecule has 1 heterocycles. The van der Waals surface area contributed by atoms with Crippen molar-refractivity contribution >= 4 is 55.7 Å². The summed E-state index contributed by atoms with van der Waals surface area (Å²) in [5.41, 5.74) is 1.67. The number of anilines is 1. The Morgan fingerprint density at radius 2 is 2.04 bits per heavy atom. The summed E-state index contributed by atoms with van der Waals surface area (Å²) in [6, 6.07) is 5.04. The van der Waals surface area contributed by atoms with Crippen LogP contribution in [-0.4, -0.2) is 18.5 Å². The van der Waals surface area contributed by atoms with E-state index in [0.717, 1.165) is 14.9 Å². The smallest absolute Gasteiger partial charge is 0.341 e. The molecule has 0 saturated heterocycles. The van der Waals surface area contributed by atoms with E-state index in [-0.39, 0.29) is 12.5 Å². The lowest BCUT2D eigenvalue weighted by Crippen LogP contribution is -2.15. The molecule has 0 fully saturated rings. The Morgan fingerprint density at radius 3 is 2.67 bits per heavy atom. The van der Waals surface area contributed by atoms with E-state index in [1.54, 1.807) is 25.1 Å². The Kier molecular flexibility index (Phi) is 6.43. The quantitative estimate of drug-likeness (QED) is 0.640. The topological polar surface area (TPSA) is 55.4 Å². The molecule has 0 aliphatic carbocycles. The molecule has 1 aromatic heterocycles. The molecule has 0 radical (unpaired) electrons. The van der Waals surface area contributed by atoms with E-state index in [4.69, 9.17) is 16.3 Å². The number of esters is 1. The number of carbonyl (C=O) groups is 2. The van der Waals surface area contributed by atoms with Crippen molar-refractivity contribution in [3.05, 3.63) is 49.3 Å². The summed E-state index contributed by atoms with van der Waals surface area (Å²) in [6.45, 7) is 5.92. The highest BCUT2D eigenvalue weighted by Gasteiger charge is 2.24. The van der Waals surface area contributed by atoms with Gasteiger partial charge in [0.1, 0.15) is 5.00 Å². The number of hydrogen-bond acceptors (Lipinski definition) is 4. The molecule has 0 aliphatic heterocycles. The summed E-state index contributed by atoms with van der Waals surface area (Å²) >= 11 is 10.8. The predicted molar refractivity (Wildman–Crippen MR) is 101 cm³/mol. The third-order valence-corrected chi connectivity index (χ3v) is 5.33. The van der Waals surface area contributed by atoms with Gasteiger partial charge in [-0.1, -0.05) is 34.5 Å². The molecule has 0 aliphatic rings. The summed E-state index contributed by atoms with van der Waals surface area (Å²) in [6.07, 6.45) is 0.685. The molecule has 2 rings (SSSR count). The van der Waals surface area contributed by atoms with Crippen LogP contribution in [0.25, 0.3) is 0 Å². The largest absolute Gasteiger partial charge is 0.462 e. The lowest BCUT2D eigenvalue weighted by Gasteiger charge is -2.09. The van der Waals surface area contributed by atoms with Crippen LogP contribution in [0.5, 0.6) is 0 Å². The number of thiophene rings is 1. The predicted octanol–water partition coefficient (Wildman–Crippen LogP) is 5.46. The van der Waals surface area contributed by atoms with Crippen LogP contribution in [0.4, 0.5) is 5.00 Å². The molecule has 128 valence electrons. The average Bonchev–Trinajstić information content (AvgIpc) is 2.85. The third-order valence-electron chi connectivity index (χ3n) is 3.44. The van der Waals surface area contributed by atoms with Gasteiger partial charge >= 0.3 is 5.97 Å². The van der Waals surface area contributed by atoms with Gasteiger partial charge in [-0.15, -0.1) is 11.3 Å². The van der Waals surface area contributed by atoms with Crippen LogP contribution in [0.15, 0.2) is 22.7 Å². The number of aryl methyl sites for hydroxylation is 1. The van der Waals surface area contributed by atoms with Crippen LogP contribution < -0.4 is 5.32 Å². The van der Waals surface area contributed by atoms with E-state index >= 15 is 0 Å². The summed E-state index contributed by atoms with van der Waals surface area (Å²) in [5, 5.41) is 3.64. The maximum Gasteiger partial charge on any atom is 0.341 e. The van der Waals surface area contributed by atoms with Crippen LogP contribution in [0, 0.1) is 6.92 Å². The van der Waals surface area contributed by atoms with Crippen LogP contribution >= 0.6 is 38.9 Å². The number of nitrogens with one attached hydrogen (secondary N) is 1. The van der Waals surface area contributed by atoms with E-state index in [0.29, 0.717) is 27.6 Å². The number of hydrogen-bond donors (Lipinski definition) is 1. The highest BCUT2D eigenvalue weighted by atomic mass is 79.9. The fourth-order valence-electron chi connectivity index (χ4n) is 2.35. The standard InChI is InChI=1S/C17H17BrClNO3S/c1-4-11-9(3)24-16(14(11)17(22)23-5-2)20-15(21)12-8-10(18)6-7-13(12)19/h6-8H,4-5H2,1-3H3,(H,20,21). The second-order valence-corrected chi connectivity index (χ2v) is 7.54. The first-order valence-electron chi connectivity index (χ1n) is 7.44. The molecule has 4 nitrogen and oxygen atoms in total. The van der Waals surface area contributed by atoms with Crippen molar-refractivity contribution in [3.8, 4) is 0 Å². The second kappa shape index (κ2) is 8.14. The Morgan fingerprint density at radius 1 is 1.33 bits per heavy atom. The van der Waals surface area contributed by atoms with Crippen molar-refractivity contribution in [1.82, 2.24) is 0 Å². The minimum atomic E-state index is -0.422.